The molecule has 0 heterocycles. The largest absolute Gasteiger partial charge is 0.278 e. The molecule has 1 N–H and O–H groups in total. The van der Waals surface area contributed by atoms with Crippen LogP contribution in [0.4, 0.5) is 5.69 Å². The number of hydrogen-bond acceptors (Lipinski definition) is 3. The van der Waals surface area contributed by atoms with E-state index in [1.54, 1.807) is 6.07 Å². The van der Waals surface area contributed by atoms with Gasteiger partial charge in [0, 0.05) is 0 Å². The molecule has 1 aromatic rings. The first-order valence-electron chi connectivity index (χ1n) is 2.95. The number of benzene rings is 1. The van der Waals surface area contributed by atoms with Crippen molar-refractivity contribution in [2.24, 2.45) is 0 Å². The Labute approximate surface area is 65.6 Å². The fourth-order valence-electron chi connectivity index (χ4n) is 0.788. The van der Waals surface area contributed by atoms with Crippen molar-refractivity contribution in [3.8, 4) is 0 Å². The van der Waals surface area contributed by atoms with Gasteiger partial charge in [-0.3, -0.25) is 5.21 Å². The van der Waals surface area contributed by atoms with E-state index in [1.165, 1.54) is 0 Å². The van der Waals surface area contributed by atoms with Crippen molar-refractivity contribution in [3.63, 3.8) is 0 Å². The molecule has 0 aliphatic heterocycles. The first-order chi connectivity index (χ1) is 4.72. The third kappa shape index (κ3) is 1.43. The van der Waals surface area contributed by atoms with Crippen molar-refractivity contribution in [2.45, 2.75) is 6.92 Å². The lowest BCUT2D eigenvalue weighted by molar-refractivity contribution is 0.333. The Bertz CT molecular complexity index is 225. The zero-order valence-electron chi connectivity index (χ0n) is 5.65. The van der Waals surface area contributed by atoms with Crippen LogP contribution in [0.1, 0.15) is 5.56 Å². The van der Waals surface area contributed by atoms with Gasteiger partial charge in [0.05, 0.1) is 5.69 Å². The molecule has 0 saturated heterocycles. The Morgan fingerprint density at radius 2 is 2.00 bits per heavy atom. The van der Waals surface area contributed by atoms with Crippen LogP contribution >= 0.6 is 12.8 Å². The maximum Gasteiger partial charge on any atom is 0.0790 e. The lowest BCUT2D eigenvalue weighted by atomic mass is 10.2. The highest BCUT2D eigenvalue weighted by Crippen LogP contribution is 2.18. The number of nitrogens with zero attached hydrogens (tertiary/aromatic N) is 1. The molecule has 1 aromatic carbocycles. The van der Waals surface area contributed by atoms with Crippen molar-refractivity contribution in [1.29, 1.82) is 0 Å². The summed E-state index contributed by atoms with van der Waals surface area (Å²) in [5.74, 6) is 0. The first kappa shape index (κ1) is 7.44. The lowest BCUT2D eigenvalue weighted by Crippen LogP contribution is -2.03. The molecule has 3 heteroatoms. The first-order valence-corrected chi connectivity index (χ1v) is 3.35. The SMILES string of the molecule is Cc1ccccc1N(O)S. The molecule has 1 rings (SSSR count). The normalized spacial score (nSPS) is 9.50. The minimum Gasteiger partial charge on any atom is -0.278 e. The summed E-state index contributed by atoms with van der Waals surface area (Å²) in [6.45, 7) is 1.91. The number of anilines is 1. The van der Waals surface area contributed by atoms with Gasteiger partial charge >= 0.3 is 0 Å². The van der Waals surface area contributed by atoms with Gasteiger partial charge < -0.3 is 0 Å². The van der Waals surface area contributed by atoms with Gasteiger partial charge in [0.25, 0.3) is 0 Å². The summed E-state index contributed by atoms with van der Waals surface area (Å²) >= 11 is 3.75. The second-order valence-corrected chi connectivity index (χ2v) is 2.45. The molecule has 0 saturated carbocycles. The third-order valence-corrected chi connectivity index (χ3v) is 1.55. The fourth-order valence-corrected chi connectivity index (χ4v) is 1.01. The van der Waals surface area contributed by atoms with Crippen LogP contribution in [-0.2, 0) is 0 Å². The number of rotatable bonds is 1. The Balaban J connectivity index is 3.03. The van der Waals surface area contributed by atoms with Gasteiger partial charge in [-0.25, -0.2) is 4.47 Å². The summed E-state index contributed by atoms with van der Waals surface area (Å²) < 4.78 is 0.815. The maximum absolute atomic E-state index is 8.90. The summed E-state index contributed by atoms with van der Waals surface area (Å²) in [6.07, 6.45) is 0. The smallest absolute Gasteiger partial charge is 0.0790 e. The van der Waals surface area contributed by atoms with Crippen LogP contribution in [0.5, 0.6) is 0 Å². The number of hydrogen-bond donors (Lipinski definition) is 2. The summed E-state index contributed by atoms with van der Waals surface area (Å²) in [4.78, 5) is 0. The molecule has 10 heavy (non-hydrogen) atoms. The molecule has 0 amide bonds. The van der Waals surface area contributed by atoms with E-state index in [1.807, 2.05) is 25.1 Å². The third-order valence-electron chi connectivity index (χ3n) is 1.33. The molecular weight excluding hydrogens is 146 g/mol. The van der Waals surface area contributed by atoms with Crippen LogP contribution < -0.4 is 4.47 Å². The minimum atomic E-state index is 0.714. The van der Waals surface area contributed by atoms with Crippen molar-refractivity contribution in [2.75, 3.05) is 4.47 Å². The van der Waals surface area contributed by atoms with Crippen molar-refractivity contribution < 1.29 is 5.21 Å². The van der Waals surface area contributed by atoms with Gasteiger partial charge in [-0.05, 0) is 31.4 Å². The second kappa shape index (κ2) is 2.94. The van der Waals surface area contributed by atoms with Crippen molar-refractivity contribution in [3.05, 3.63) is 29.8 Å². The molecule has 0 fully saturated rings. The van der Waals surface area contributed by atoms with Crippen LogP contribution in [-0.4, -0.2) is 5.21 Å². The summed E-state index contributed by atoms with van der Waals surface area (Å²) in [6, 6.07) is 7.47. The van der Waals surface area contributed by atoms with Crippen LogP contribution in [0, 0.1) is 6.92 Å². The van der Waals surface area contributed by atoms with Gasteiger partial charge in [-0.2, -0.15) is 0 Å². The van der Waals surface area contributed by atoms with E-state index in [4.69, 9.17) is 5.21 Å². The Kier molecular flexibility index (Phi) is 2.19. The molecule has 0 bridgehead atoms. The molecule has 0 aromatic heterocycles. The van der Waals surface area contributed by atoms with Crippen LogP contribution in [0.2, 0.25) is 0 Å². The van der Waals surface area contributed by atoms with Crippen molar-refractivity contribution >= 4 is 18.5 Å². The summed E-state index contributed by atoms with van der Waals surface area (Å²) in [7, 11) is 0. The Morgan fingerprint density at radius 1 is 1.40 bits per heavy atom. The topological polar surface area (TPSA) is 23.5 Å². The quantitative estimate of drug-likeness (QED) is 0.479. The van der Waals surface area contributed by atoms with E-state index < -0.39 is 0 Å². The van der Waals surface area contributed by atoms with Gasteiger partial charge in [-0.15, -0.1) is 0 Å². The number of aryl methyl sites for hydroxylation is 1. The molecule has 0 atom stereocenters. The second-order valence-electron chi connectivity index (χ2n) is 2.08. The summed E-state index contributed by atoms with van der Waals surface area (Å²) in [5, 5.41) is 8.90. The molecular formula is C7H9NOS. The zero-order chi connectivity index (χ0) is 7.56. The van der Waals surface area contributed by atoms with Gasteiger partial charge in [0.15, 0.2) is 0 Å². The standard InChI is InChI=1S/C7H9NOS/c1-6-4-2-3-5-7(6)8(9)10/h2-5,9-10H,1H3. The number of para-hydroxylation sites is 1. The Morgan fingerprint density at radius 3 is 2.40 bits per heavy atom. The van der Waals surface area contributed by atoms with E-state index in [0.29, 0.717) is 5.69 Å². The summed E-state index contributed by atoms with van der Waals surface area (Å²) in [5.41, 5.74) is 1.71. The van der Waals surface area contributed by atoms with Crippen LogP contribution in [0.3, 0.4) is 0 Å². The lowest BCUT2D eigenvalue weighted by Gasteiger charge is -2.10. The van der Waals surface area contributed by atoms with Gasteiger partial charge in [0.1, 0.15) is 0 Å². The zero-order valence-corrected chi connectivity index (χ0v) is 6.55. The average molecular weight is 155 g/mol. The monoisotopic (exact) mass is 155 g/mol. The molecule has 0 aliphatic rings. The van der Waals surface area contributed by atoms with Gasteiger partial charge in [0.2, 0.25) is 0 Å². The molecule has 0 aliphatic carbocycles. The highest BCUT2D eigenvalue weighted by Gasteiger charge is 1.98. The van der Waals surface area contributed by atoms with E-state index in [2.05, 4.69) is 12.8 Å². The predicted molar refractivity (Wildman–Crippen MR) is 44.4 cm³/mol. The fraction of sp³-hybridized carbons (Fsp3) is 0.143. The minimum absolute atomic E-state index is 0.714. The maximum atomic E-state index is 8.90. The molecule has 0 unspecified atom stereocenters. The van der Waals surface area contributed by atoms with Crippen molar-refractivity contribution in [1.82, 2.24) is 0 Å². The van der Waals surface area contributed by atoms with Crippen LogP contribution in [0.15, 0.2) is 24.3 Å². The van der Waals surface area contributed by atoms with Gasteiger partial charge in [-0.1, -0.05) is 18.2 Å². The average Bonchev–Trinajstić information content (AvgIpc) is 1.88. The molecule has 2 nitrogen and oxygen atoms in total. The number of thiol groups is 1. The van der Waals surface area contributed by atoms with E-state index in [9.17, 15) is 0 Å². The Hall–Kier alpha value is -0.670. The van der Waals surface area contributed by atoms with E-state index in [0.717, 1.165) is 10.0 Å². The molecule has 54 valence electrons. The van der Waals surface area contributed by atoms with E-state index >= 15 is 0 Å². The van der Waals surface area contributed by atoms with Crippen LogP contribution in [0.25, 0.3) is 0 Å². The van der Waals surface area contributed by atoms with E-state index in [-0.39, 0.29) is 0 Å². The predicted octanol–water partition coefficient (Wildman–Crippen LogP) is 2.04. The molecule has 0 radical (unpaired) electrons. The highest BCUT2D eigenvalue weighted by molar-refractivity contribution is 7.81. The highest BCUT2D eigenvalue weighted by atomic mass is 32.1. The molecule has 0 spiro atoms.